The molecule has 3 nitrogen and oxygen atoms in total. The Morgan fingerprint density at radius 1 is 0.347 bits per heavy atom. The minimum absolute atomic E-state index is 0.0978. The van der Waals surface area contributed by atoms with Crippen LogP contribution in [0.5, 0.6) is 0 Å². The average Bonchev–Trinajstić information content (AvgIpc) is 3.98. The molecule has 0 radical (unpaired) electrons. The highest BCUT2D eigenvalue weighted by Crippen LogP contribution is 2.49. The zero-order valence-electron chi connectivity index (χ0n) is 40.6. The van der Waals surface area contributed by atoms with Crippen LogP contribution < -0.4 is 0 Å². The predicted molar refractivity (Wildman–Crippen MR) is 304 cm³/mol. The van der Waals surface area contributed by atoms with Gasteiger partial charge in [-0.05, 0) is 146 Å². The van der Waals surface area contributed by atoms with Gasteiger partial charge < -0.3 is 9.13 Å². The molecule has 0 bridgehead atoms. The third kappa shape index (κ3) is 7.76. The standard InChI is InChI=1S/C69H44F3N3/c1-44-17-15-26-59(69(70,71)72)67(44)53-33-38-65(74-61-34-29-49(45-18-7-3-8-19-45)39-54(61)55-40-50(30-35-62(55)74)46-20-9-4-10-21-46)58(43-53)68-60(73-2)27-16-28-66(68)75-63-36-31-51(47-22-11-5-12-23-47)41-56(63)57-42-52(32-37-64(57)75)48-24-13-6-14-25-48/h3-43H,1H3. The van der Waals surface area contributed by atoms with Crippen molar-refractivity contribution in [3.8, 4) is 78.1 Å². The topological polar surface area (TPSA) is 14.2 Å². The molecule has 2 heterocycles. The van der Waals surface area contributed by atoms with E-state index in [2.05, 4.69) is 135 Å². The molecule has 75 heavy (non-hydrogen) atoms. The molecule has 0 saturated heterocycles. The van der Waals surface area contributed by atoms with Gasteiger partial charge in [0.05, 0.1) is 39.9 Å². The van der Waals surface area contributed by atoms with Crippen molar-refractivity contribution in [2.45, 2.75) is 13.1 Å². The van der Waals surface area contributed by atoms with Crippen LogP contribution in [0.1, 0.15) is 11.1 Å². The van der Waals surface area contributed by atoms with Crippen molar-refractivity contribution in [1.82, 2.24) is 9.13 Å². The van der Waals surface area contributed by atoms with Crippen LogP contribution in [0.3, 0.4) is 0 Å². The lowest BCUT2D eigenvalue weighted by atomic mass is 9.90. The van der Waals surface area contributed by atoms with Crippen LogP contribution in [0.15, 0.2) is 249 Å². The second-order valence-electron chi connectivity index (χ2n) is 19.1. The van der Waals surface area contributed by atoms with Gasteiger partial charge in [0.25, 0.3) is 0 Å². The van der Waals surface area contributed by atoms with Crippen molar-refractivity contribution in [1.29, 1.82) is 0 Å². The fourth-order valence-corrected chi connectivity index (χ4v) is 11.3. The van der Waals surface area contributed by atoms with Gasteiger partial charge in [-0.25, -0.2) is 4.85 Å². The second-order valence-corrected chi connectivity index (χ2v) is 19.1. The Balaban J connectivity index is 1.14. The predicted octanol–water partition coefficient (Wildman–Crippen LogP) is 19.8. The molecule has 6 heteroatoms. The highest BCUT2D eigenvalue weighted by molar-refractivity contribution is 6.14. The van der Waals surface area contributed by atoms with E-state index in [4.69, 9.17) is 6.57 Å². The SMILES string of the molecule is [C-]#[N+]c1cccc(-n2c3ccc(-c4ccccc4)cc3c3cc(-c4ccccc4)ccc32)c1-c1cc(-c2c(C)cccc2C(F)(F)F)ccc1-n1c2ccc(-c3ccccc3)cc2c2cc(-c3ccccc3)ccc21. The molecule has 0 unspecified atom stereocenters. The normalized spacial score (nSPS) is 11.7. The van der Waals surface area contributed by atoms with Crippen molar-refractivity contribution in [3.63, 3.8) is 0 Å². The summed E-state index contributed by atoms with van der Waals surface area (Å²) in [6.07, 6.45) is -4.63. The van der Waals surface area contributed by atoms with E-state index < -0.39 is 11.7 Å². The van der Waals surface area contributed by atoms with Crippen LogP contribution in [0, 0.1) is 13.5 Å². The third-order valence-electron chi connectivity index (χ3n) is 14.7. The molecular formula is C69H44F3N3. The van der Waals surface area contributed by atoms with Gasteiger partial charge in [0.1, 0.15) is 0 Å². The summed E-state index contributed by atoms with van der Waals surface area (Å²) in [5.74, 6) is 0. The Morgan fingerprint density at radius 2 is 0.733 bits per heavy atom. The number of benzene rings is 11. The summed E-state index contributed by atoms with van der Waals surface area (Å²) in [5, 5.41) is 4.08. The lowest BCUT2D eigenvalue weighted by Gasteiger charge is -2.22. The summed E-state index contributed by atoms with van der Waals surface area (Å²) in [6.45, 7) is 10.6. The number of halogens is 3. The van der Waals surface area contributed by atoms with Gasteiger partial charge >= 0.3 is 6.18 Å². The van der Waals surface area contributed by atoms with Crippen LogP contribution in [0.25, 0.3) is 127 Å². The molecule has 0 aliphatic heterocycles. The highest BCUT2D eigenvalue weighted by atomic mass is 19.4. The van der Waals surface area contributed by atoms with Crippen molar-refractivity contribution in [2.24, 2.45) is 0 Å². The van der Waals surface area contributed by atoms with Crippen LogP contribution in [0.2, 0.25) is 0 Å². The summed E-state index contributed by atoms with van der Waals surface area (Å²) in [7, 11) is 0. The number of hydrogen-bond donors (Lipinski definition) is 0. The number of alkyl halides is 3. The summed E-state index contributed by atoms with van der Waals surface area (Å²) in [4.78, 5) is 4.25. The maximum absolute atomic E-state index is 15.2. The van der Waals surface area contributed by atoms with Crippen molar-refractivity contribution >= 4 is 49.3 Å². The van der Waals surface area contributed by atoms with Gasteiger partial charge in [-0.15, -0.1) is 0 Å². The minimum atomic E-state index is -4.63. The summed E-state index contributed by atoms with van der Waals surface area (Å²) in [6, 6.07) is 83.1. The lowest BCUT2D eigenvalue weighted by molar-refractivity contribution is -0.137. The maximum Gasteiger partial charge on any atom is 0.417 e. The first-order chi connectivity index (χ1) is 36.7. The van der Waals surface area contributed by atoms with E-state index >= 15 is 13.2 Å². The Hall–Kier alpha value is -9.70. The number of rotatable bonds is 8. The van der Waals surface area contributed by atoms with E-state index in [1.165, 1.54) is 6.07 Å². The van der Waals surface area contributed by atoms with E-state index in [0.717, 1.165) is 106 Å². The first-order valence-corrected chi connectivity index (χ1v) is 24.9. The molecule has 0 atom stereocenters. The Bertz CT molecular complexity index is 4200. The summed E-state index contributed by atoms with van der Waals surface area (Å²) < 4.78 is 50.0. The first-order valence-electron chi connectivity index (χ1n) is 24.9. The van der Waals surface area contributed by atoms with E-state index in [9.17, 15) is 0 Å². The Morgan fingerprint density at radius 3 is 1.13 bits per heavy atom. The Kier molecular flexibility index (Phi) is 10.9. The zero-order chi connectivity index (χ0) is 50.8. The third-order valence-corrected chi connectivity index (χ3v) is 14.7. The second kappa shape index (κ2) is 18.1. The minimum Gasteiger partial charge on any atom is -0.310 e. The molecule has 0 fully saturated rings. The molecular weight excluding hydrogens is 928 g/mol. The van der Waals surface area contributed by atoms with E-state index in [1.807, 2.05) is 109 Å². The smallest absolute Gasteiger partial charge is 0.310 e. The van der Waals surface area contributed by atoms with E-state index in [-0.39, 0.29) is 5.56 Å². The molecule has 0 spiro atoms. The van der Waals surface area contributed by atoms with Crippen LogP contribution >= 0.6 is 0 Å². The van der Waals surface area contributed by atoms with Crippen molar-refractivity contribution in [3.05, 3.63) is 271 Å². The van der Waals surface area contributed by atoms with Gasteiger partial charge in [0.15, 0.2) is 5.69 Å². The van der Waals surface area contributed by atoms with Gasteiger partial charge in [-0.3, -0.25) is 0 Å². The molecule has 0 saturated carbocycles. The molecule has 356 valence electrons. The molecule has 2 aromatic heterocycles. The summed E-state index contributed by atoms with van der Waals surface area (Å²) >= 11 is 0. The van der Waals surface area contributed by atoms with Crippen molar-refractivity contribution in [2.75, 3.05) is 0 Å². The van der Waals surface area contributed by atoms with Crippen molar-refractivity contribution < 1.29 is 13.2 Å². The number of nitrogens with zero attached hydrogens (tertiary/aromatic N) is 3. The first kappa shape index (κ1) is 45.2. The largest absolute Gasteiger partial charge is 0.417 e. The maximum atomic E-state index is 15.2. The quantitative estimate of drug-likeness (QED) is 0.135. The molecule has 0 aliphatic carbocycles. The molecule has 11 aromatic carbocycles. The fourth-order valence-electron chi connectivity index (χ4n) is 11.3. The number of hydrogen-bond acceptors (Lipinski definition) is 0. The van der Waals surface area contributed by atoms with Gasteiger partial charge in [0.2, 0.25) is 0 Å². The highest BCUT2D eigenvalue weighted by Gasteiger charge is 2.35. The molecule has 13 aromatic rings. The molecule has 0 amide bonds. The van der Waals surface area contributed by atoms with Gasteiger partial charge in [-0.1, -0.05) is 176 Å². The lowest BCUT2D eigenvalue weighted by Crippen LogP contribution is -2.08. The van der Waals surface area contributed by atoms with Crippen LogP contribution in [-0.4, -0.2) is 9.13 Å². The molecule has 0 aliphatic rings. The molecule has 0 N–H and O–H groups in total. The number of aromatic nitrogens is 2. The zero-order valence-corrected chi connectivity index (χ0v) is 40.6. The van der Waals surface area contributed by atoms with Crippen LogP contribution in [0.4, 0.5) is 18.9 Å². The fraction of sp³-hybridized carbons (Fsp3) is 0.0290. The van der Waals surface area contributed by atoms with Gasteiger partial charge in [0, 0.05) is 32.8 Å². The monoisotopic (exact) mass is 971 g/mol. The summed E-state index contributed by atoms with van der Waals surface area (Å²) in [5.41, 5.74) is 15.5. The van der Waals surface area contributed by atoms with E-state index in [1.54, 1.807) is 13.0 Å². The average molecular weight is 972 g/mol. The number of aryl methyl sites for hydroxylation is 1. The molecule has 13 rings (SSSR count). The number of fused-ring (bicyclic) bond motifs is 6. The van der Waals surface area contributed by atoms with E-state index in [0.29, 0.717) is 27.9 Å². The van der Waals surface area contributed by atoms with Gasteiger partial charge in [-0.2, -0.15) is 13.2 Å². The Labute approximate surface area is 432 Å². The van der Waals surface area contributed by atoms with Crippen LogP contribution in [-0.2, 0) is 6.18 Å².